The molecule has 0 fully saturated rings. The Morgan fingerprint density at radius 3 is 2.68 bits per heavy atom. The van der Waals surface area contributed by atoms with Gasteiger partial charge < -0.3 is 4.74 Å². The van der Waals surface area contributed by atoms with E-state index in [0.717, 1.165) is 18.4 Å². The van der Waals surface area contributed by atoms with Crippen LogP contribution in [0.4, 0.5) is 0 Å². The molecule has 2 nitrogen and oxygen atoms in total. The van der Waals surface area contributed by atoms with Gasteiger partial charge in [-0.15, -0.1) is 6.42 Å². The number of carbonyl (C=O) groups is 1. The first kappa shape index (κ1) is 13.2. The van der Waals surface area contributed by atoms with E-state index in [1.807, 2.05) is 24.3 Å². The smallest absolute Gasteiger partial charge is 0.339 e. The van der Waals surface area contributed by atoms with Crippen LogP contribution in [0.15, 0.2) is 43.0 Å². The van der Waals surface area contributed by atoms with E-state index in [2.05, 4.69) is 12.5 Å². The topological polar surface area (TPSA) is 26.3 Å². The molecular formula is C17H16O2. The van der Waals surface area contributed by atoms with Gasteiger partial charge in [0.05, 0.1) is 5.56 Å². The lowest BCUT2D eigenvalue weighted by atomic mass is 9.91. The highest BCUT2D eigenvalue weighted by Crippen LogP contribution is 2.26. The van der Waals surface area contributed by atoms with Crippen molar-refractivity contribution in [3.8, 4) is 12.3 Å². The van der Waals surface area contributed by atoms with Crippen LogP contribution < -0.4 is 0 Å². The Bertz CT molecular complexity index is 546. The maximum Gasteiger partial charge on any atom is 0.339 e. The highest BCUT2D eigenvalue weighted by Gasteiger charge is 2.30. The zero-order valence-corrected chi connectivity index (χ0v) is 10.8. The average Bonchev–Trinajstić information content (AvgIpc) is 2.48. The average molecular weight is 252 g/mol. The Morgan fingerprint density at radius 2 is 2.16 bits per heavy atom. The zero-order valence-electron chi connectivity index (χ0n) is 10.8. The molecule has 0 aliphatic heterocycles. The first-order valence-electron chi connectivity index (χ1n) is 6.30. The molecule has 1 aromatic rings. The third kappa shape index (κ3) is 2.95. The summed E-state index contributed by atoms with van der Waals surface area (Å²) >= 11 is 0. The number of ether oxygens (including phenoxy) is 1. The van der Waals surface area contributed by atoms with Crippen molar-refractivity contribution in [2.24, 2.45) is 0 Å². The molecule has 0 radical (unpaired) electrons. The van der Waals surface area contributed by atoms with E-state index >= 15 is 0 Å². The number of carbonyl (C=O) groups excluding carboxylic acids is 1. The summed E-state index contributed by atoms with van der Waals surface area (Å²) in [6, 6.07) is 7.08. The maximum absolute atomic E-state index is 12.1. The summed E-state index contributed by atoms with van der Waals surface area (Å²) in [5.41, 5.74) is 0.576. The number of esters is 1. The number of allylic oxidation sites excluding steroid dienone is 1. The highest BCUT2D eigenvalue weighted by atomic mass is 16.6. The summed E-state index contributed by atoms with van der Waals surface area (Å²) < 4.78 is 5.50. The van der Waals surface area contributed by atoms with Crippen molar-refractivity contribution in [2.75, 3.05) is 0 Å². The van der Waals surface area contributed by atoms with Crippen LogP contribution in [0, 0.1) is 12.3 Å². The second-order valence-corrected chi connectivity index (χ2v) is 4.54. The van der Waals surface area contributed by atoms with Crippen molar-refractivity contribution in [2.45, 2.75) is 24.9 Å². The molecule has 0 bridgehead atoms. The quantitative estimate of drug-likeness (QED) is 0.467. The van der Waals surface area contributed by atoms with E-state index in [-0.39, 0.29) is 5.97 Å². The van der Waals surface area contributed by atoms with E-state index in [4.69, 9.17) is 11.2 Å². The van der Waals surface area contributed by atoms with Gasteiger partial charge in [-0.05, 0) is 36.6 Å². The number of hydrogen-bond acceptors (Lipinski definition) is 2. The highest BCUT2D eigenvalue weighted by molar-refractivity contribution is 5.90. The Labute approximate surface area is 113 Å². The van der Waals surface area contributed by atoms with E-state index in [9.17, 15) is 4.79 Å². The van der Waals surface area contributed by atoms with E-state index in [1.54, 1.807) is 18.2 Å². The molecule has 2 heteroatoms. The molecule has 0 saturated carbocycles. The third-order valence-corrected chi connectivity index (χ3v) is 3.21. The molecule has 1 aliphatic rings. The Morgan fingerprint density at radius 1 is 1.42 bits per heavy atom. The summed E-state index contributed by atoms with van der Waals surface area (Å²) in [4.78, 5) is 12.1. The molecule has 1 aromatic carbocycles. The molecule has 0 N–H and O–H groups in total. The Kier molecular flexibility index (Phi) is 3.87. The lowest BCUT2D eigenvalue weighted by molar-refractivity contribution is 0.0194. The second-order valence-electron chi connectivity index (χ2n) is 4.54. The molecule has 1 aliphatic carbocycles. The van der Waals surface area contributed by atoms with Gasteiger partial charge in [-0.25, -0.2) is 4.79 Å². The molecule has 96 valence electrons. The number of rotatable bonds is 3. The second kappa shape index (κ2) is 5.58. The van der Waals surface area contributed by atoms with Gasteiger partial charge in [-0.1, -0.05) is 36.8 Å². The summed E-state index contributed by atoms with van der Waals surface area (Å²) in [7, 11) is 0. The van der Waals surface area contributed by atoms with Gasteiger partial charge >= 0.3 is 5.97 Å². The largest absolute Gasteiger partial charge is 0.438 e. The lowest BCUT2D eigenvalue weighted by Crippen LogP contribution is -2.32. The lowest BCUT2D eigenvalue weighted by Gasteiger charge is -2.27. The van der Waals surface area contributed by atoms with Crippen LogP contribution in [-0.2, 0) is 4.74 Å². The minimum atomic E-state index is -0.882. The van der Waals surface area contributed by atoms with Crippen molar-refractivity contribution in [3.63, 3.8) is 0 Å². The van der Waals surface area contributed by atoms with Gasteiger partial charge in [-0.2, -0.15) is 0 Å². The van der Waals surface area contributed by atoms with Crippen molar-refractivity contribution in [1.82, 2.24) is 0 Å². The minimum Gasteiger partial charge on any atom is -0.438 e. The predicted molar refractivity (Wildman–Crippen MR) is 76.5 cm³/mol. The molecule has 1 atom stereocenters. The molecular weight excluding hydrogens is 236 g/mol. The predicted octanol–water partition coefficient (Wildman–Crippen LogP) is 3.60. The van der Waals surface area contributed by atoms with Crippen molar-refractivity contribution in [1.29, 1.82) is 0 Å². The van der Waals surface area contributed by atoms with Gasteiger partial charge in [0.15, 0.2) is 5.60 Å². The third-order valence-electron chi connectivity index (χ3n) is 3.21. The molecule has 0 aromatic heterocycles. The van der Waals surface area contributed by atoms with E-state index in [0.29, 0.717) is 12.0 Å². The fourth-order valence-corrected chi connectivity index (χ4v) is 2.05. The Hall–Kier alpha value is -2.27. The molecule has 0 amide bonds. The van der Waals surface area contributed by atoms with Crippen LogP contribution in [0.25, 0.3) is 6.08 Å². The SMILES string of the molecule is C#CC1(OC(=O)c2ccc(C=C)cc2)C=CCCC1. The first-order valence-corrected chi connectivity index (χ1v) is 6.30. The van der Waals surface area contributed by atoms with Gasteiger partial charge in [-0.3, -0.25) is 0 Å². The normalized spacial score (nSPS) is 21.4. The zero-order chi connectivity index (χ0) is 13.7. The number of benzene rings is 1. The number of terminal acetylenes is 1. The summed E-state index contributed by atoms with van der Waals surface area (Å²) in [5, 5.41) is 0. The minimum absolute atomic E-state index is 0.389. The van der Waals surface area contributed by atoms with Crippen molar-refractivity contribution >= 4 is 12.0 Å². The summed E-state index contributed by atoms with van der Waals surface area (Å²) in [6.45, 7) is 3.67. The van der Waals surface area contributed by atoms with Crippen molar-refractivity contribution in [3.05, 3.63) is 54.1 Å². The molecule has 2 rings (SSSR count). The van der Waals surface area contributed by atoms with E-state index in [1.165, 1.54) is 0 Å². The van der Waals surface area contributed by atoms with E-state index < -0.39 is 5.60 Å². The van der Waals surface area contributed by atoms with Crippen LogP contribution >= 0.6 is 0 Å². The summed E-state index contributed by atoms with van der Waals surface area (Å²) in [5.74, 6) is 2.21. The molecule has 0 spiro atoms. The van der Waals surface area contributed by atoms with Crippen LogP contribution in [0.3, 0.4) is 0 Å². The fraction of sp³-hybridized carbons (Fsp3) is 0.235. The molecule has 1 unspecified atom stereocenters. The van der Waals surface area contributed by atoms with Crippen LogP contribution in [-0.4, -0.2) is 11.6 Å². The standard InChI is InChI=1S/C17H16O2/c1-3-14-8-10-15(11-9-14)16(18)19-17(4-2)12-6-5-7-13-17/h2-3,6,8-12H,1,5,7,13H2. The van der Waals surface area contributed by atoms with Crippen LogP contribution in [0.5, 0.6) is 0 Å². The first-order chi connectivity index (χ1) is 9.19. The van der Waals surface area contributed by atoms with Crippen LogP contribution in [0.1, 0.15) is 35.2 Å². The summed E-state index contributed by atoms with van der Waals surface area (Å²) in [6.07, 6.45) is 13.6. The van der Waals surface area contributed by atoms with Gasteiger partial charge in [0, 0.05) is 6.42 Å². The number of hydrogen-bond donors (Lipinski definition) is 0. The Balaban J connectivity index is 2.15. The van der Waals surface area contributed by atoms with Gasteiger partial charge in [0.1, 0.15) is 0 Å². The van der Waals surface area contributed by atoms with Crippen molar-refractivity contribution < 1.29 is 9.53 Å². The van der Waals surface area contributed by atoms with Gasteiger partial charge in [0.25, 0.3) is 0 Å². The maximum atomic E-state index is 12.1. The molecule has 0 heterocycles. The van der Waals surface area contributed by atoms with Crippen LogP contribution in [0.2, 0.25) is 0 Å². The monoisotopic (exact) mass is 252 g/mol. The van der Waals surface area contributed by atoms with Gasteiger partial charge in [0.2, 0.25) is 0 Å². The molecule has 19 heavy (non-hydrogen) atoms. The molecule has 0 saturated heterocycles. The fourth-order valence-electron chi connectivity index (χ4n) is 2.05.